The van der Waals surface area contributed by atoms with E-state index >= 15 is 0 Å². The summed E-state index contributed by atoms with van der Waals surface area (Å²) in [5.41, 5.74) is 10.2. The van der Waals surface area contributed by atoms with E-state index in [1.165, 1.54) is 36.0 Å². The van der Waals surface area contributed by atoms with Crippen molar-refractivity contribution < 1.29 is 0 Å². The lowest BCUT2D eigenvalue weighted by atomic mass is 9.79. The summed E-state index contributed by atoms with van der Waals surface area (Å²) in [4.78, 5) is 3.07. The summed E-state index contributed by atoms with van der Waals surface area (Å²) in [5, 5.41) is 0. The molecule has 3 rings (SSSR count). The van der Waals surface area contributed by atoms with Crippen LogP contribution >= 0.6 is 0 Å². The predicted octanol–water partition coefficient (Wildman–Crippen LogP) is 3.07. The summed E-state index contributed by atoms with van der Waals surface area (Å²) in [6, 6.07) is 10.8. The third-order valence-electron chi connectivity index (χ3n) is 3.56. The molecule has 0 saturated heterocycles. The van der Waals surface area contributed by atoms with Crippen LogP contribution in [0.2, 0.25) is 0 Å². The van der Waals surface area contributed by atoms with E-state index in [4.69, 9.17) is 5.73 Å². The summed E-state index contributed by atoms with van der Waals surface area (Å²) in [6.07, 6.45) is 5.60. The Morgan fingerprint density at radius 3 is 2.81 bits per heavy atom. The van der Waals surface area contributed by atoms with E-state index in [0.717, 1.165) is 5.82 Å². The van der Waals surface area contributed by atoms with E-state index in [2.05, 4.69) is 35.3 Å². The Kier molecular flexibility index (Phi) is 2.21. The summed E-state index contributed by atoms with van der Waals surface area (Å²) < 4.78 is 0. The number of aromatic amines is 1. The zero-order valence-electron chi connectivity index (χ0n) is 9.24. The van der Waals surface area contributed by atoms with Crippen molar-refractivity contribution in [2.24, 2.45) is 0 Å². The van der Waals surface area contributed by atoms with Gasteiger partial charge in [0.05, 0.1) is 0 Å². The minimum Gasteiger partial charge on any atom is -0.385 e. The van der Waals surface area contributed by atoms with Crippen LogP contribution < -0.4 is 5.73 Å². The number of anilines is 1. The number of rotatable bonds is 1. The molecule has 1 aliphatic carbocycles. The number of nitrogens with two attached hydrogens (primary N) is 1. The monoisotopic (exact) mass is 212 g/mol. The number of nitrogens with one attached hydrogen (secondary N) is 1. The van der Waals surface area contributed by atoms with Crippen molar-refractivity contribution in [2.45, 2.75) is 25.2 Å². The largest absolute Gasteiger partial charge is 0.385 e. The topological polar surface area (TPSA) is 41.8 Å². The quantitative estimate of drug-likeness (QED) is 0.749. The molecule has 1 aliphatic rings. The Morgan fingerprint density at radius 1 is 1.12 bits per heavy atom. The first-order valence-electron chi connectivity index (χ1n) is 5.87. The predicted molar refractivity (Wildman–Crippen MR) is 66.4 cm³/mol. The molecule has 1 heterocycles. The number of nitrogen functional groups attached to an aromatic ring is 1. The van der Waals surface area contributed by atoms with Gasteiger partial charge in [-0.3, -0.25) is 0 Å². The maximum Gasteiger partial charge on any atom is 0.104 e. The molecule has 82 valence electrons. The van der Waals surface area contributed by atoms with E-state index in [-0.39, 0.29) is 0 Å². The van der Waals surface area contributed by atoms with Gasteiger partial charge in [-0.2, -0.15) is 0 Å². The Labute approximate surface area is 95.5 Å². The molecule has 2 heteroatoms. The number of aryl methyl sites for hydroxylation is 1. The molecule has 0 fully saturated rings. The molecule has 0 radical (unpaired) electrons. The molecule has 0 saturated carbocycles. The van der Waals surface area contributed by atoms with Gasteiger partial charge in [0.1, 0.15) is 5.82 Å². The van der Waals surface area contributed by atoms with Crippen molar-refractivity contribution in [2.75, 3.05) is 5.73 Å². The first-order valence-corrected chi connectivity index (χ1v) is 5.87. The Morgan fingerprint density at radius 2 is 2.00 bits per heavy atom. The lowest BCUT2D eigenvalue weighted by Crippen LogP contribution is -2.11. The maximum atomic E-state index is 5.97. The highest BCUT2D eigenvalue weighted by Gasteiger charge is 2.23. The molecule has 1 unspecified atom stereocenters. The third-order valence-corrected chi connectivity index (χ3v) is 3.56. The zero-order chi connectivity index (χ0) is 11.0. The molecule has 0 aliphatic heterocycles. The van der Waals surface area contributed by atoms with E-state index in [1.54, 1.807) is 0 Å². The van der Waals surface area contributed by atoms with Crippen molar-refractivity contribution in [1.82, 2.24) is 4.98 Å². The number of hydrogen-bond donors (Lipinski definition) is 2. The molecule has 16 heavy (non-hydrogen) atoms. The highest BCUT2D eigenvalue weighted by atomic mass is 14.8. The van der Waals surface area contributed by atoms with Crippen molar-refractivity contribution in [1.29, 1.82) is 0 Å². The molecule has 3 N–H and O–H groups in total. The molecule has 1 atom stereocenters. The molecule has 2 nitrogen and oxygen atoms in total. The van der Waals surface area contributed by atoms with Gasteiger partial charge in [0.25, 0.3) is 0 Å². The van der Waals surface area contributed by atoms with Gasteiger partial charge in [0, 0.05) is 17.7 Å². The second-order valence-electron chi connectivity index (χ2n) is 4.49. The number of aromatic nitrogens is 1. The molecule has 0 amide bonds. The van der Waals surface area contributed by atoms with E-state index in [1.807, 2.05) is 6.20 Å². The molecular formula is C14H16N2. The summed E-state index contributed by atoms with van der Waals surface area (Å²) in [7, 11) is 0. The summed E-state index contributed by atoms with van der Waals surface area (Å²) in [6.45, 7) is 0. The van der Waals surface area contributed by atoms with Gasteiger partial charge in [-0.1, -0.05) is 24.3 Å². The van der Waals surface area contributed by atoms with Gasteiger partial charge in [-0.05, 0) is 36.5 Å². The average molecular weight is 212 g/mol. The third kappa shape index (κ3) is 1.42. The average Bonchev–Trinajstić information content (AvgIpc) is 2.75. The minimum absolute atomic E-state index is 0.483. The van der Waals surface area contributed by atoms with Gasteiger partial charge < -0.3 is 10.7 Å². The molecule has 2 aromatic rings. The van der Waals surface area contributed by atoms with E-state index in [0.29, 0.717) is 5.92 Å². The van der Waals surface area contributed by atoms with Gasteiger partial charge >= 0.3 is 0 Å². The highest BCUT2D eigenvalue weighted by molar-refractivity contribution is 5.49. The smallest absolute Gasteiger partial charge is 0.104 e. The first-order chi connectivity index (χ1) is 7.86. The van der Waals surface area contributed by atoms with Crippen molar-refractivity contribution in [3.8, 4) is 0 Å². The van der Waals surface area contributed by atoms with Gasteiger partial charge in [-0.15, -0.1) is 0 Å². The number of benzene rings is 1. The molecule has 1 aromatic heterocycles. The fourth-order valence-electron chi connectivity index (χ4n) is 2.78. The normalized spacial score (nSPS) is 19.4. The van der Waals surface area contributed by atoms with Crippen LogP contribution in [0.25, 0.3) is 0 Å². The van der Waals surface area contributed by atoms with Crippen molar-refractivity contribution >= 4 is 5.82 Å². The van der Waals surface area contributed by atoms with E-state index in [9.17, 15) is 0 Å². The van der Waals surface area contributed by atoms with Crippen LogP contribution in [0.15, 0.2) is 36.5 Å². The number of hydrogen-bond acceptors (Lipinski definition) is 1. The molecule has 1 aromatic carbocycles. The van der Waals surface area contributed by atoms with Gasteiger partial charge in [-0.25, -0.2) is 0 Å². The van der Waals surface area contributed by atoms with Crippen molar-refractivity contribution in [3.63, 3.8) is 0 Å². The molecule has 0 bridgehead atoms. The van der Waals surface area contributed by atoms with Gasteiger partial charge in [0.15, 0.2) is 0 Å². The number of fused-ring (bicyclic) bond motifs is 1. The maximum absolute atomic E-state index is 5.97. The lowest BCUT2D eigenvalue weighted by Gasteiger charge is -2.25. The van der Waals surface area contributed by atoms with Crippen LogP contribution in [0.5, 0.6) is 0 Å². The van der Waals surface area contributed by atoms with Crippen LogP contribution in [0.3, 0.4) is 0 Å². The zero-order valence-corrected chi connectivity index (χ0v) is 9.24. The molecule has 0 spiro atoms. The Balaban J connectivity index is 2.08. The van der Waals surface area contributed by atoms with Crippen LogP contribution in [0, 0.1) is 0 Å². The fraction of sp³-hybridized carbons (Fsp3) is 0.286. The minimum atomic E-state index is 0.483. The number of H-pyrrole nitrogens is 1. The van der Waals surface area contributed by atoms with Crippen LogP contribution in [0.4, 0.5) is 5.82 Å². The first kappa shape index (κ1) is 9.52. The Bertz CT molecular complexity index is 499. The fourth-order valence-corrected chi connectivity index (χ4v) is 2.78. The second kappa shape index (κ2) is 3.71. The highest BCUT2D eigenvalue weighted by Crippen LogP contribution is 2.38. The SMILES string of the molecule is Nc1[nH]ccc1C1CCCc2ccccc21. The Hall–Kier alpha value is -1.70. The second-order valence-corrected chi connectivity index (χ2v) is 4.49. The van der Waals surface area contributed by atoms with Gasteiger partial charge in [0.2, 0.25) is 0 Å². The standard InChI is InChI=1S/C14H16N2/c15-14-13(8-9-16-14)12-7-3-5-10-4-1-2-6-11(10)12/h1-2,4,6,8-9,12,16H,3,5,7,15H2. The van der Waals surface area contributed by atoms with Crippen LogP contribution in [0.1, 0.15) is 35.4 Å². The summed E-state index contributed by atoms with van der Waals surface area (Å²) in [5.74, 6) is 1.30. The van der Waals surface area contributed by atoms with Crippen molar-refractivity contribution in [3.05, 3.63) is 53.2 Å². The summed E-state index contributed by atoms with van der Waals surface area (Å²) >= 11 is 0. The van der Waals surface area contributed by atoms with Crippen LogP contribution in [-0.4, -0.2) is 4.98 Å². The van der Waals surface area contributed by atoms with E-state index < -0.39 is 0 Å². The van der Waals surface area contributed by atoms with Crippen LogP contribution in [-0.2, 0) is 6.42 Å². The molecular weight excluding hydrogens is 196 g/mol. The lowest BCUT2D eigenvalue weighted by molar-refractivity contribution is 0.617.